The smallest absolute Gasteiger partial charge is 0.123 e. The molecule has 0 saturated heterocycles. The highest BCUT2D eigenvalue weighted by atomic mass is 35.5. The van der Waals surface area contributed by atoms with Gasteiger partial charge >= 0.3 is 0 Å². The lowest BCUT2D eigenvalue weighted by Crippen LogP contribution is -2.04. The van der Waals surface area contributed by atoms with Crippen molar-refractivity contribution in [2.24, 2.45) is 0 Å². The van der Waals surface area contributed by atoms with Gasteiger partial charge in [0, 0.05) is 28.6 Å². The van der Waals surface area contributed by atoms with Gasteiger partial charge < -0.3 is 5.11 Å². The molecule has 0 aliphatic heterocycles. The van der Waals surface area contributed by atoms with Crippen LogP contribution >= 0.6 is 11.6 Å². The van der Waals surface area contributed by atoms with E-state index in [2.05, 4.69) is 4.98 Å². The SMILES string of the molecule is OC(Cc1cc(F)ccc1Cl)c1cccc2cccnc12. The molecule has 1 unspecified atom stereocenters. The lowest BCUT2D eigenvalue weighted by Gasteiger charge is -2.14. The lowest BCUT2D eigenvalue weighted by molar-refractivity contribution is 0.179. The van der Waals surface area contributed by atoms with Crippen molar-refractivity contribution in [3.8, 4) is 0 Å². The van der Waals surface area contributed by atoms with Gasteiger partial charge in [-0.15, -0.1) is 0 Å². The molecule has 0 aliphatic rings. The number of hydrogen-bond acceptors (Lipinski definition) is 2. The maximum atomic E-state index is 13.3. The summed E-state index contributed by atoms with van der Waals surface area (Å²) in [5.74, 6) is -0.363. The fourth-order valence-corrected chi connectivity index (χ4v) is 2.61. The van der Waals surface area contributed by atoms with Gasteiger partial charge in [0.25, 0.3) is 0 Å². The van der Waals surface area contributed by atoms with Gasteiger partial charge in [0.1, 0.15) is 5.82 Å². The summed E-state index contributed by atoms with van der Waals surface area (Å²) in [6.07, 6.45) is 1.14. The molecule has 1 heterocycles. The van der Waals surface area contributed by atoms with E-state index in [1.807, 2.05) is 30.3 Å². The summed E-state index contributed by atoms with van der Waals surface area (Å²) in [6.45, 7) is 0. The molecule has 1 N–H and O–H groups in total. The van der Waals surface area contributed by atoms with Crippen LogP contribution in [0.5, 0.6) is 0 Å². The zero-order valence-electron chi connectivity index (χ0n) is 11.1. The molecule has 21 heavy (non-hydrogen) atoms. The van der Waals surface area contributed by atoms with Crippen LogP contribution in [0.1, 0.15) is 17.2 Å². The summed E-state index contributed by atoms with van der Waals surface area (Å²) in [6, 6.07) is 13.6. The van der Waals surface area contributed by atoms with E-state index >= 15 is 0 Å². The molecule has 0 radical (unpaired) electrons. The predicted molar refractivity (Wildman–Crippen MR) is 81.8 cm³/mol. The molecule has 1 atom stereocenters. The summed E-state index contributed by atoms with van der Waals surface area (Å²) >= 11 is 6.05. The van der Waals surface area contributed by atoms with Crippen LogP contribution in [0.2, 0.25) is 5.02 Å². The summed E-state index contributed by atoms with van der Waals surface area (Å²) in [5, 5.41) is 11.9. The molecule has 0 spiro atoms. The first-order valence-electron chi connectivity index (χ1n) is 6.61. The molecule has 106 valence electrons. The second-order valence-electron chi connectivity index (χ2n) is 4.88. The second kappa shape index (κ2) is 5.80. The Morgan fingerprint density at radius 1 is 1.14 bits per heavy atom. The number of halogens is 2. The zero-order valence-corrected chi connectivity index (χ0v) is 11.9. The number of fused-ring (bicyclic) bond motifs is 1. The molecule has 0 aliphatic carbocycles. The Balaban J connectivity index is 1.97. The van der Waals surface area contributed by atoms with Gasteiger partial charge in [-0.2, -0.15) is 0 Å². The van der Waals surface area contributed by atoms with Crippen LogP contribution in [0.4, 0.5) is 4.39 Å². The highest BCUT2D eigenvalue weighted by molar-refractivity contribution is 6.31. The summed E-state index contributed by atoms with van der Waals surface area (Å²) in [4.78, 5) is 4.32. The largest absolute Gasteiger partial charge is 0.388 e. The minimum Gasteiger partial charge on any atom is -0.388 e. The third kappa shape index (κ3) is 2.89. The second-order valence-corrected chi connectivity index (χ2v) is 5.29. The summed E-state index contributed by atoms with van der Waals surface area (Å²) in [7, 11) is 0. The quantitative estimate of drug-likeness (QED) is 0.782. The highest BCUT2D eigenvalue weighted by Gasteiger charge is 2.14. The fourth-order valence-electron chi connectivity index (χ4n) is 2.41. The average molecular weight is 302 g/mol. The van der Waals surface area contributed by atoms with E-state index in [1.165, 1.54) is 18.2 Å². The van der Waals surface area contributed by atoms with Crippen molar-refractivity contribution >= 4 is 22.5 Å². The van der Waals surface area contributed by atoms with Gasteiger partial charge in [-0.1, -0.05) is 35.9 Å². The number of pyridine rings is 1. The standard InChI is InChI=1S/C17H13ClFNO/c18-15-7-6-13(19)9-12(15)10-16(21)14-5-1-3-11-4-2-8-20-17(11)14/h1-9,16,21H,10H2. The van der Waals surface area contributed by atoms with E-state index in [9.17, 15) is 9.50 Å². The Hall–Kier alpha value is -1.97. The van der Waals surface area contributed by atoms with Crippen molar-refractivity contribution in [1.82, 2.24) is 4.98 Å². The Morgan fingerprint density at radius 3 is 2.81 bits per heavy atom. The minimum atomic E-state index is -0.789. The molecule has 2 nitrogen and oxygen atoms in total. The van der Waals surface area contributed by atoms with Crippen molar-refractivity contribution in [2.75, 3.05) is 0 Å². The third-order valence-corrected chi connectivity index (χ3v) is 3.81. The topological polar surface area (TPSA) is 33.1 Å². The van der Waals surface area contributed by atoms with Gasteiger partial charge in [-0.25, -0.2) is 4.39 Å². The van der Waals surface area contributed by atoms with Gasteiger partial charge in [0.15, 0.2) is 0 Å². The van der Waals surface area contributed by atoms with Crippen LogP contribution in [0.3, 0.4) is 0 Å². The minimum absolute atomic E-state index is 0.242. The molecular weight excluding hydrogens is 289 g/mol. The van der Waals surface area contributed by atoms with Crippen molar-refractivity contribution in [1.29, 1.82) is 0 Å². The number of para-hydroxylation sites is 1. The van der Waals surface area contributed by atoms with Crippen molar-refractivity contribution in [2.45, 2.75) is 12.5 Å². The van der Waals surface area contributed by atoms with E-state index in [0.717, 1.165) is 10.9 Å². The molecule has 3 aromatic rings. The molecule has 0 saturated carbocycles. The molecule has 0 amide bonds. The fraction of sp³-hybridized carbons (Fsp3) is 0.118. The molecule has 3 rings (SSSR count). The van der Waals surface area contributed by atoms with E-state index < -0.39 is 6.10 Å². The molecule has 1 aromatic heterocycles. The van der Waals surface area contributed by atoms with Crippen LogP contribution in [0.25, 0.3) is 10.9 Å². The van der Waals surface area contributed by atoms with E-state index in [0.29, 0.717) is 16.1 Å². The Kier molecular flexibility index (Phi) is 3.86. The number of rotatable bonds is 3. The predicted octanol–water partition coefficient (Wildman–Crippen LogP) is 4.30. The first-order chi connectivity index (χ1) is 10.1. The molecule has 2 aromatic carbocycles. The van der Waals surface area contributed by atoms with Crippen molar-refractivity contribution in [3.63, 3.8) is 0 Å². The number of nitrogens with zero attached hydrogens (tertiary/aromatic N) is 1. The van der Waals surface area contributed by atoms with Gasteiger partial charge in [-0.3, -0.25) is 4.98 Å². The van der Waals surface area contributed by atoms with Gasteiger partial charge in [-0.05, 0) is 29.8 Å². The van der Waals surface area contributed by atoms with Crippen LogP contribution in [-0.4, -0.2) is 10.1 Å². The molecule has 4 heteroatoms. The van der Waals surface area contributed by atoms with E-state index in [1.54, 1.807) is 6.20 Å². The normalized spacial score (nSPS) is 12.5. The maximum absolute atomic E-state index is 13.3. The summed E-state index contributed by atoms with van der Waals surface area (Å²) in [5.41, 5.74) is 2.05. The first kappa shape index (κ1) is 14.0. The first-order valence-corrected chi connectivity index (χ1v) is 6.98. The Bertz CT molecular complexity index is 785. The molecule has 0 fully saturated rings. The molecular formula is C17H13ClFNO. The monoisotopic (exact) mass is 301 g/mol. The summed E-state index contributed by atoms with van der Waals surface area (Å²) < 4.78 is 13.3. The Morgan fingerprint density at radius 2 is 1.95 bits per heavy atom. The maximum Gasteiger partial charge on any atom is 0.123 e. The average Bonchev–Trinajstić information content (AvgIpc) is 2.50. The third-order valence-electron chi connectivity index (χ3n) is 3.44. The number of aliphatic hydroxyl groups excluding tert-OH is 1. The van der Waals surface area contributed by atoms with Gasteiger partial charge in [0.05, 0.1) is 11.6 Å². The van der Waals surface area contributed by atoms with Crippen LogP contribution in [-0.2, 0) is 6.42 Å². The van der Waals surface area contributed by atoms with Gasteiger partial charge in [0.2, 0.25) is 0 Å². The van der Waals surface area contributed by atoms with E-state index in [4.69, 9.17) is 11.6 Å². The Labute approximate surface area is 126 Å². The number of benzene rings is 2. The zero-order chi connectivity index (χ0) is 14.8. The van der Waals surface area contributed by atoms with Crippen LogP contribution < -0.4 is 0 Å². The van der Waals surface area contributed by atoms with Crippen molar-refractivity contribution < 1.29 is 9.50 Å². The highest BCUT2D eigenvalue weighted by Crippen LogP contribution is 2.28. The van der Waals surface area contributed by atoms with Crippen LogP contribution in [0.15, 0.2) is 54.7 Å². The number of hydrogen-bond donors (Lipinski definition) is 1. The number of aliphatic hydroxyl groups is 1. The lowest BCUT2D eigenvalue weighted by atomic mass is 9.99. The van der Waals surface area contributed by atoms with Crippen LogP contribution in [0, 0.1) is 5.82 Å². The molecule has 0 bridgehead atoms. The van der Waals surface area contributed by atoms with E-state index in [-0.39, 0.29) is 12.2 Å². The number of aromatic nitrogens is 1. The van der Waals surface area contributed by atoms with Crippen molar-refractivity contribution in [3.05, 3.63) is 76.7 Å².